The molecule has 11 rings (SSSR count). The van der Waals surface area contributed by atoms with Crippen molar-refractivity contribution < 1.29 is 24.1 Å². The molecule has 2 heterocycles. The molecular formula is C57H59NO5S. The number of methoxy groups -OCH3 is 1. The van der Waals surface area contributed by atoms with Crippen LogP contribution in [0.2, 0.25) is 0 Å². The molecule has 3 aliphatic carbocycles. The van der Waals surface area contributed by atoms with Crippen LogP contribution in [0, 0.1) is 19.3 Å². The largest absolute Gasteiger partial charge is 0.496 e. The van der Waals surface area contributed by atoms with Gasteiger partial charge in [0.1, 0.15) is 23.9 Å². The molecule has 2 aliphatic heterocycles. The minimum atomic E-state index is -0.955. The molecule has 6 aromatic rings. The summed E-state index contributed by atoms with van der Waals surface area (Å²) in [5.41, 5.74) is 12.0. The Morgan fingerprint density at radius 2 is 1.45 bits per heavy atom. The van der Waals surface area contributed by atoms with E-state index in [1.807, 2.05) is 12.1 Å². The zero-order valence-corrected chi connectivity index (χ0v) is 38.3. The number of hydrogen-bond acceptors (Lipinski definition) is 7. The van der Waals surface area contributed by atoms with Gasteiger partial charge in [0.05, 0.1) is 31.8 Å². The van der Waals surface area contributed by atoms with Crippen LogP contribution in [0.5, 0.6) is 17.2 Å². The van der Waals surface area contributed by atoms with Crippen molar-refractivity contribution in [1.82, 2.24) is 0 Å². The van der Waals surface area contributed by atoms with Gasteiger partial charge in [-0.2, -0.15) is 0 Å². The number of aliphatic hydroxyl groups excluding tert-OH is 1. The molecule has 0 radical (unpaired) electrons. The Balaban J connectivity index is 1.14. The van der Waals surface area contributed by atoms with Crippen molar-refractivity contribution in [3.8, 4) is 28.4 Å². The highest BCUT2D eigenvalue weighted by atomic mass is 32.2. The highest BCUT2D eigenvalue weighted by Crippen LogP contribution is 2.65. The van der Waals surface area contributed by atoms with Gasteiger partial charge in [-0.1, -0.05) is 104 Å². The number of fused-ring (bicyclic) bond motifs is 10. The van der Waals surface area contributed by atoms with Crippen molar-refractivity contribution in [2.24, 2.45) is 5.41 Å². The van der Waals surface area contributed by atoms with Crippen LogP contribution >= 0.6 is 11.8 Å². The molecular weight excluding hydrogens is 811 g/mol. The topological polar surface area (TPSA) is 60.4 Å². The zero-order valence-electron chi connectivity index (χ0n) is 37.5. The van der Waals surface area contributed by atoms with Crippen LogP contribution in [0.3, 0.4) is 0 Å². The molecule has 1 N–H and O–H groups in total. The van der Waals surface area contributed by atoms with Crippen molar-refractivity contribution in [3.05, 3.63) is 148 Å². The molecule has 7 heteroatoms. The molecule has 0 aromatic heterocycles. The highest BCUT2D eigenvalue weighted by molar-refractivity contribution is 7.99. The number of hydrogen-bond donors (Lipinski definition) is 1. The fraction of sp³-hybridized carbons (Fsp3) is 0.368. The Hall–Kier alpha value is -5.21. The number of aryl methyl sites for hydroxylation is 2. The van der Waals surface area contributed by atoms with Crippen LogP contribution in [0.25, 0.3) is 28.0 Å². The summed E-state index contributed by atoms with van der Waals surface area (Å²) in [6.07, 6.45) is 16.4. The maximum atomic E-state index is 9.53. The Bertz CT molecular complexity index is 2720. The maximum absolute atomic E-state index is 9.53. The van der Waals surface area contributed by atoms with Crippen molar-refractivity contribution in [3.63, 3.8) is 0 Å². The normalized spacial score (nSPS) is 20.5. The summed E-state index contributed by atoms with van der Waals surface area (Å²) in [4.78, 5) is 4.77. The number of ether oxygens (including phenoxy) is 4. The summed E-state index contributed by atoms with van der Waals surface area (Å²) in [7, 11) is 1.80. The minimum Gasteiger partial charge on any atom is -0.496 e. The molecule has 1 atom stereocenters. The van der Waals surface area contributed by atoms with Gasteiger partial charge in [-0.3, -0.25) is 0 Å². The summed E-state index contributed by atoms with van der Waals surface area (Å²) < 4.78 is 25.8. The number of rotatable bonds is 9. The minimum absolute atomic E-state index is 0.0399. The molecule has 2 saturated carbocycles. The van der Waals surface area contributed by atoms with Crippen molar-refractivity contribution in [1.29, 1.82) is 0 Å². The van der Waals surface area contributed by atoms with E-state index < -0.39 is 5.60 Å². The van der Waals surface area contributed by atoms with E-state index in [4.69, 9.17) is 18.9 Å². The Labute approximate surface area is 382 Å². The summed E-state index contributed by atoms with van der Waals surface area (Å²) in [6.45, 7) is 7.82. The molecule has 6 nitrogen and oxygen atoms in total. The van der Waals surface area contributed by atoms with Crippen LogP contribution in [-0.4, -0.2) is 51.7 Å². The molecule has 1 unspecified atom stereocenters. The standard InChI is InChI=1S/C57H59NO5S/c1-38-10-9-11-39(2)54(38)64-50-37-46-47(36-49(50)60-3)53-45(52-51(46)44-12-5-6-13-48(44)56(52)28-26-55(27-29-56)23-7-4-8-24-55)22-25-57(63-53,41-16-20-43(21-17-41)62-35-32-59)40-14-18-42(19-15-40)58-30-33-61-34-31-58/h5-6,9-22,25,36-37,59H,4,7-8,23-24,26-35H2,1-3H3. The molecule has 328 valence electrons. The Morgan fingerprint density at radius 1 is 0.750 bits per heavy atom. The van der Waals surface area contributed by atoms with Crippen molar-refractivity contribution in [2.45, 2.75) is 92.4 Å². The van der Waals surface area contributed by atoms with Crippen LogP contribution in [0.1, 0.15) is 96.7 Å². The predicted octanol–water partition coefficient (Wildman–Crippen LogP) is 13.0. The smallest absolute Gasteiger partial charge is 0.178 e. The first-order chi connectivity index (χ1) is 31.4. The van der Waals surface area contributed by atoms with Gasteiger partial charge < -0.3 is 29.0 Å². The lowest BCUT2D eigenvalue weighted by atomic mass is 9.56. The van der Waals surface area contributed by atoms with E-state index in [0.29, 0.717) is 11.2 Å². The van der Waals surface area contributed by atoms with Gasteiger partial charge in [-0.05, 0) is 139 Å². The summed E-state index contributed by atoms with van der Waals surface area (Å²) in [6, 6.07) is 37.8. The van der Waals surface area contributed by atoms with Crippen LogP contribution in [0.4, 0.5) is 5.69 Å². The summed E-state index contributed by atoms with van der Waals surface area (Å²) in [5, 5.41) is 11.8. The van der Waals surface area contributed by atoms with Gasteiger partial charge in [-0.15, -0.1) is 0 Å². The first-order valence-corrected chi connectivity index (χ1v) is 24.4. The van der Waals surface area contributed by atoms with E-state index in [9.17, 15) is 5.11 Å². The monoisotopic (exact) mass is 869 g/mol. The van der Waals surface area contributed by atoms with Gasteiger partial charge >= 0.3 is 0 Å². The Kier molecular flexibility index (Phi) is 10.8. The number of benzene rings is 6. The third-order valence-corrected chi connectivity index (χ3v) is 16.9. The van der Waals surface area contributed by atoms with Gasteiger partial charge in [0.15, 0.2) is 5.60 Å². The van der Waals surface area contributed by atoms with Crippen LogP contribution in [0.15, 0.2) is 119 Å². The maximum Gasteiger partial charge on any atom is 0.178 e. The van der Waals surface area contributed by atoms with E-state index >= 15 is 0 Å². The lowest BCUT2D eigenvalue weighted by Gasteiger charge is -2.48. The van der Waals surface area contributed by atoms with Gasteiger partial charge in [0.2, 0.25) is 0 Å². The van der Waals surface area contributed by atoms with Gasteiger partial charge in [-0.25, -0.2) is 0 Å². The third kappa shape index (κ3) is 6.84. The fourth-order valence-corrected chi connectivity index (χ4v) is 13.3. The second-order valence-electron chi connectivity index (χ2n) is 19.0. The molecule has 5 aliphatic rings. The predicted molar refractivity (Wildman–Crippen MR) is 260 cm³/mol. The third-order valence-electron chi connectivity index (χ3n) is 15.5. The second kappa shape index (κ2) is 16.7. The van der Waals surface area contributed by atoms with E-state index in [2.05, 4.69) is 122 Å². The average molecular weight is 870 g/mol. The number of nitrogens with zero attached hydrogens (tertiary/aromatic N) is 1. The van der Waals surface area contributed by atoms with E-state index in [1.165, 1.54) is 99.9 Å². The highest BCUT2D eigenvalue weighted by Gasteiger charge is 2.52. The molecule has 64 heavy (non-hydrogen) atoms. The van der Waals surface area contributed by atoms with Crippen molar-refractivity contribution >= 4 is 34.3 Å². The number of anilines is 1. The van der Waals surface area contributed by atoms with Crippen LogP contribution in [-0.2, 0) is 15.8 Å². The molecule has 3 fully saturated rings. The number of morpholine rings is 1. The number of aliphatic hydroxyl groups is 1. The Morgan fingerprint density at radius 3 is 2.16 bits per heavy atom. The summed E-state index contributed by atoms with van der Waals surface area (Å²) in [5.74, 6) is 2.45. The van der Waals surface area contributed by atoms with E-state index in [-0.39, 0.29) is 18.6 Å². The first-order valence-electron chi connectivity index (χ1n) is 23.6. The quantitative estimate of drug-likeness (QED) is 0.155. The second-order valence-corrected chi connectivity index (χ2v) is 20.0. The van der Waals surface area contributed by atoms with Crippen molar-refractivity contribution in [2.75, 3.05) is 51.5 Å². The lowest BCUT2D eigenvalue weighted by Crippen LogP contribution is -2.39. The van der Waals surface area contributed by atoms with Gasteiger partial charge in [0.25, 0.3) is 0 Å². The summed E-state index contributed by atoms with van der Waals surface area (Å²) >= 11 is 1.81. The van der Waals surface area contributed by atoms with E-state index in [1.54, 1.807) is 18.9 Å². The molecule has 0 bridgehead atoms. The lowest BCUT2D eigenvalue weighted by molar-refractivity contribution is 0.0948. The average Bonchev–Trinajstić information content (AvgIpc) is 3.63. The van der Waals surface area contributed by atoms with E-state index in [0.717, 1.165) is 72.1 Å². The zero-order chi connectivity index (χ0) is 43.5. The first kappa shape index (κ1) is 41.5. The molecule has 0 amide bonds. The molecule has 6 aromatic carbocycles. The van der Waals surface area contributed by atoms with Gasteiger partial charge in [0, 0.05) is 51.2 Å². The van der Waals surface area contributed by atoms with Crippen LogP contribution < -0.4 is 19.1 Å². The SMILES string of the molecule is COc1cc2c3c(c4c(c2cc1Sc1c(C)cccc1C)-c1ccccc1C41CCC2(CCCCC2)CC1)C=CC(c1ccc(OCCO)cc1)(c1ccc(N2CCOCC2)cc1)O3. The molecule has 2 spiro atoms. The fourth-order valence-electron chi connectivity index (χ4n) is 12.2. The molecule has 1 saturated heterocycles.